The molecule has 0 unspecified atom stereocenters. The summed E-state index contributed by atoms with van der Waals surface area (Å²) in [4.78, 5) is 40.0. The van der Waals surface area contributed by atoms with Gasteiger partial charge >= 0.3 is 11.7 Å². The standard InChI is InChI=1S/C21H30FN3O8/c1-21(2)32-16-14(12-30-15(26)5-3-4-6-24-7-9-29-10-8-24)31-19(17(16)33-21)25-11-13(22)18(27)23-20(25)28/h11,14,16-17,19H,3-10,12H2,1-2H3,(H,23,27,28)/t14-,16-,17-,19-/m1/s1. The number of fused-ring (bicyclic) bond motifs is 1. The average molecular weight is 471 g/mol. The number of H-pyrrole nitrogens is 1. The van der Waals surface area contributed by atoms with Crippen LogP contribution in [0.3, 0.4) is 0 Å². The number of carbonyl (C=O) groups is 1. The fourth-order valence-corrected chi connectivity index (χ4v) is 4.34. The molecule has 1 aromatic rings. The van der Waals surface area contributed by atoms with Gasteiger partial charge in [-0.25, -0.2) is 4.79 Å². The van der Waals surface area contributed by atoms with Gasteiger partial charge in [0.25, 0.3) is 5.56 Å². The number of hydrogen-bond acceptors (Lipinski definition) is 9. The van der Waals surface area contributed by atoms with Crippen LogP contribution in [0.25, 0.3) is 0 Å². The Labute approximate surface area is 189 Å². The van der Waals surface area contributed by atoms with Gasteiger partial charge in [0.15, 0.2) is 12.0 Å². The molecule has 3 fully saturated rings. The number of unbranched alkanes of at least 4 members (excludes halogenated alkanes) is 1. The van der Waals surface area contributed by atoms with Gasteiger partial charge in [-0.3, -0.25) is 24.0 Å². The molecule has 11 nitrogen and oxygen atoms in total. The second kappa shape index (κ2) is 10.0. The van der Waals surface area contributed by atoms with Crippen LogP contribution < -0.4 is 11.2 Å². The Hall–Kier alpha value is -2.12. The summed E-state index contributed by atoms with van der Waals surface area (Å²) in [6.07, 6.45) is -0.513. The monoisotopic (exact) mass is 471 g/mol. The summed E-state index contributed by atoms with van der Waals surface area (Å²) in [6, 6.07) is 0. The first-order chi connectivity index (χ1) is 15.7. The number of nitrogens with zero attached hydrogens (tertiary/aromatic N) is 2. The summed E-state index contributed by atoms with van der Waals surface area (Å²) in [6.45, 7) is 7.53. The van der Waals surface area contributed by atoms with Crippen LogP contribution in [0, 0.1) is 5.82 Å². The van der Waals surface area contributed by atoms with Crippen molar-refractivity contribution in [3.8, 4) is 0 Å². The second-order valence-electron chi connectivity index (χ2n) is 8.87. The van der Waals surface area contributed by atoms with Gasteiger partial charge < -0.3 is 23.7 Å². The Morgan fingerprint density at radius 2 is 1.94 bits per heavy atom. The highest BCUT2D eigenvalue weighted by atomic mass is 19.1. The number of esters is 1. The lowest BCUT2D eigenvalue weighted by Crippen LogP contribution is -2.38. The summed E-state index contributed by atoms with van der Waals surface area (Å²) < 4.78 is 43.1. The molecule has 0 aromatic carbocycles. The Morgan fingerprint density at radius 1 is 1.21 bits per heavy atom. The molecule has 1 N–H and O–H groups in total. The fourth-order valence-electron chi connectivity index (χ4n) is 4.34. The first kappa shape index (κ1) is 24.0. The molecule has 0 aliphatic carbocycles. The van der Waals surface area contributed by atoms with Gasteiger partial charge in [0.1, 0.15) is 24.9 Å². The first-order valence-corrected chi connectivity index (χ1v) is 11.2. The highest BCUT2D eigenvalue weighted by Gasteiger charge is 2.56. The van der Waals surface area contributed by atoms with E-state index in [2.05, 4.69) is 4.90 Å². The number of aromatic amines is 1. The maximum atomic E-state index is 13.8. The fraction of sp³-hybridized carbons (Fsp3) is 0.762. The number of hydrogen-bond donors (Lipinski definition) is 1. The molecule has 3 saturated heterocycles. The molecule has 184 valence electrons. The van der Waals surface area contributed by atoms with Crippen molar-refractivity contribution in [3.63, 3.8) is 0 Å². The van der Waals surface area contributed by atoms with E-state index >= 15 is 0 Å². The number of nitrogens with one attached hydrogen (secondary N) is 1. The molecule has 3 aliphatic rings. The predicted molar refractivity (Wildman–Crippen MR) is 111 cm³/mol. The zero-order valence-corrected chi connectivity index (χ0v) is 18.8. The highest BCUT2D eigenvalue weighted by Crippen LogP contribution is 2.42. The summed E-state index contributed by atoms with van der Waals surface area (Å²) in [5.74, 6) is -2.45. The molecule has 4 heterocycles. The molecule has 33 heavy (non-hydrogen) atoms. The Bertz CT molecular complexity index is 958. The van der Waals surface area contributed by atoms with E-state index in [0.29, 0.717) is 6.42 Å². The van der Waals surface area contributed by atoms with Gasteiger partial charge in [-0.1, -0.05) is 0 Å². The minimum absolute atomic E-state index is 0.0972. The molecule has 1 aromatic heterocycles. The van der Waals surface area contributed by atoms with E-state index in [0.717, 1.165) is 50.0 Å². The SMILES string of the molecule is CC1(C)O[C@@H]2[C@H](O1)[C@@H](COC(=O)CCCCN1CCOCC1)O[C@H]2n1cc(F)c(=O)[nH]c1=O. The van der Waals surface area contributed by atoms with Crippen molar-refractivity contribution in [2.45, 2.75) is 63.4 Å². The third-order valence-corrected chi connectivity index (χ3v) is 5.94. The van der Waals surface area contributed by atoms with Crippen LogP contribution in [0.15, 0.2) is 15.8 Å². The Kier molecular flexibility index (Phi) is 7.29. The zero-order chi connectivity index (χ0) is 23.6. The van der Waals surface area contributed by atoms with Crippen LogP contribution in [0.5, 0.6) is 0 Å². The maximum absolute atomic E-state index is 13.8. The van der Waals surface area contributed by atoms with Crippen molar-refractivity contribution in [2.24, 2.45) is 0 Å². The molecule has 0 amide bonds. The molecular formula is C21H30FN3O8. The van der Waals surface area contributed by atoms with E-state index in [1.165, 1.54) is 0 Å². The number of rotatable bonds is 8. The van der Waals surface area contributed by atoms with Gasteiger partial charge in [-0.2, -0.15) is 4.39 Å². The van der Waals surface area contributed by atoms with Gasteiger partial charge in [-0.05, 0) is 33.2 Å². The third kappa shape index (κ3) is 5.69. The van der Waals surface area contributed by atoms with E-state index in [4.69, 9.17) is 23.7 Å². The van der Waals surface area contributed by atoms with E-state index in [9.17, 15) is 18.8 Å². The molecule has 0 spiro atoms. The number of ether oxygens (including phenoxy) is 5. The van der Waals surface area contributed by atoms with Crippen molar-refractivity contribution in [3.05, 3.63) is 32.9 Å². The normalized spacial score (nSPS) is 29.2. The summed E-state index contributed by atoms with van der Waals surface area (Å²) in [5.41, 5.74) is -1.95. The lowest BCUT2D eigenvalue weighted by Gasteiger charge is -2.26. The lowest BCUT2D eigenvalue weighted by molar-refractivity contribution is -0.203. The van der Waals surface area contributed by atoms with E-state index in [1.54, 1.807) is 13.8 Å². The van der Waals surface area contributed by atoms with Crippen LogP contribution in [-0.4, -0.2) is 84.0 Å². The Morgan fingerprint density at radius 3 is 2.70 bits per heavy atom. The minimum Gasteiger partial charge on any atom is -0.463 e. The average Bonchev–Trinajstić information content (AvgIpc) is 3.26. The maximum Gasteiger partial charge on any atom is 0.330 e. The third-order valence-electron chi connectivity index (χ3n) is 5.94. The van der Waals surface area contributed by atoms with E-state index < -0.39 is 47.4 Å². The van der Waals surface area contributed by atoms with Crippen molar-refractivity contribution in [1.82, 2.24) is 14.5 Å². The van der Waals surface area contributed by atoms with Crippen molar-refractivity contribution < 1.29 is 32.9 Å². The number of morpholine rings is 1. The second-order valence-corrected chi connectivity index (χ2v) is 8.87. The van der Waals surface area contributed by atoms with E-state index in [-0.39, 0.29) is 19.0 Å². The predicted octanol–water partition coefficient (Wildman–Crippen LogP) is 0.139. The highest BCUT2D eigenvalue weighted by molar-refractivity contribution is 5.69. The molecule has 0 bridgehead atoms. The molecule has 0 radical (unpaired) electrons. The molecular weight excluding hydrogens is 441 g/mol. The zero-order valence-electron chi connectivity index (χ0n) is 18.8. The van der Waals surface area contributed by atoms with Gasteiger partial charge in [0.05, 0.1) is 19.4 Å². The topological polar surface area (TPSA) is 121 Å². The Balaban J connectivity index is 1.32. The van der Waals surface area contributed by atoms with Crippen LogP contribution in [0.1, 0.15) is 39.3 Å². The lowest BCUT2D eigenvalue weighted by atomic mass is 10.1. The summed E-state index contributed by atoms with van der Waals surface area (Å²) >= 11 is 0. The van der Waals surface area contributed by atoms with Gasteiger partial charge in [-0.15, -0.1) is 0 Å². The number of aromatic nitrogens is 2. The molecule has 4 atom stereocenters. The van der Waals surface area contributed by atoms with Crippen molar-refractivity contribution in [2.75, 3.05) is 39.5 Å². The molecule has 4 rings (SSSR count). The first-order valence-electron chi connectivity index (χ1n) is 11.2. The smallest absolute Gasteiger partial charge is 0.330 e. The van der Waals surface area contributed by atoms with Gasteiger partial charge in [0.2, 0.25) is 5.82 Å². The summed E-state index contributed by atoms with van der Waals surface area (Å²) in [5, 5.41) is 0. The van der Waals surface area contributed by atoms with Crippen molar-refractivity contribution in [1.29, 1.82) is 0 Å². The molecule has 3 aliphatic heterocycles. The van der Waals surface area contributed by atoms with Crippen LogP contribution >= 0.6 is 0 Å². The largest absolute Gasteiger partial charge is 0.463 e. The quantitative estimate of drug-likeness (QED) is 0.417. The molecule has 0 saturated carbocycles. The van der Waals surface area contributed by atoms with Crippen LogP contribution in [0.4, 0.5) is 4.39 Å². The summed E-state index contributed by atoms with van der Waals surface area (Å²) in [7, 11) is 0. The van der Waals surface area contributed by atoms with Crippen molar-refractivity contribution >= 4 is 5.97 Å². The van der Waals surface area contributed by atoms with E-state index in [1.807, 2.05) is 4.98 Å². The number of carbonyl (C=O) groups excluding carboxylic acids is 1. The minimum atomic E-state index is -1.13. The van der Waals surface area contributed by atoms with Crippen LogP contribution in [-0.2, 0) is 28.5 Å². The number of halogens is 1. The van der Waals surface area contributed by atoms with Crippen LogP contribution in [0.2, 0.25) is 0 Å². The molecule has 12 heteroatoms. The van der Waals surface area contributed by atoms with Gasteiger partial charge in [0, 0.05) is 19.5 Å².